The Labute approximate surface area is 137 Å². The Balaban J connectivity index is 1.56. The largest absolute Gasteiger partial charge is 0.463 e. The van der Waals surface area contributed by atoms with Gasteiger partial charge < -0.3 is 9.64 Å². The highest BCUT2D eigenvalue weighted by molar-refractivity contribution is 5.30. The van der Waals surface area contributed by atoms with Gasteiger partial charge in [-0.25, -0.2) is 19.9 Å². The minimum atomic E-state index is 0.447. The number of nitrogens with zero attached hydrogens (tertiary/aromatic N) is 5. The highest BCUT2D eigenvalue weighted by Gasteiger charge is 2.22. The molecule has 0 saturated carbocycles. The summed E-state index contributed by atoms with van der Waals surface area (Å²) >= 11 is 0. The minimum absolute atomic E-state index is 0.447. The van der Waals surface area contributed by atoms with Gasteiger partial charge in [0.05, 0.1) is 6.61 Å². The van der Waals surface area contributed by atoms with E-state index in [0.29, 0.717) is 18.5 Å². The third-order valence-electron chi connectivity index (χ3n) is 4.11. The second-order valence-corrected chi connectivity index (χ2v) is 6.05. The maximum Gasteiger partial charge on any atom is 0.316 e. The molecule has 1 aliphatic heterocycles. The molecule has 6 nitrogen and oxygen atoms in total. The fraction of sp³-hybridized carbons (Fsp3) is 0.529. The SMILES string of the molecule is CCc1cnc(N2CCCC(COc3ncc(C)cn3)C2)nc1. The van der Waals surface area contributed by atoms with Gasteiger partial charge in [-0.15, -0.1) is 0 Å². The van der Waals surface area contributed by atoms with Crippen LogP contribution >= 0.6 is 0 Å². The van der Waals surface area contributed by atoms with Crippen LogP contribution in [-0.2, 0) is 6.42 Å². The van der Waals surface area contributed by atoms with E-state index in [9.17, 15) is 0 Å². The number of anilines is 1. The topological polar surface area (TPSA) is 64.0 Å². The lowest BCUT2D eigenvalue weighted by molar-refractivity contribution is 0.213. The molecule has 6 heteroatoms. The quantitative estimate of drug-likeness (QED) is 0.845. The third kappa shape index (κ3) is 4.15. The Hall–Kier alpha value is -2.24. The third-order valence-corrected chi connectivity index (χ3v) is 4.11. The van der Waals surface area contributed by atoms with Gasteiger partial charge in [-0.3, -0.25) is 0 Å². The molecule has 3 heterocycles. The molecule has 1 atom stereocenters. The summed E-state index contributed by atoms with van der Waals surface area (Å²) < 4.78 is 5.73. The molecule has 3 rings (SSSR count). The summed E-state index contributed by atoms with van der Waals surface area (Å²) in [6, 6.07) is 0.455. The molecule has 0 spiro atoms. The van der Waals surface area contributed by atoms with Crippen LogP contribution in [0.25, 0.3) is 0 Å². The van der Waals surface area contributed by atoms with Crippen molar-refractivity contribution < 1.29 is 4.74 Å². The molecule has 1 unspecified atom stereocenters. The molecule has 1 saturated heterocycles. The van der Waals surface area contributed by atoms with Crippen molar-refractivity contribution in [2.75, 3.05) is 24.6 Å². The van der Waals surface area contributed by atoms with Crippen LogP contribution in [-0.4, -0.2) is 39.6 Å². The lowest BCUT2D eigenvalue weighted by atomic mass is 9.99. The van der Waals surface area contributed by atoms with Crippen molar-refractivity contribution in [3.63, 3.8) is 0 Å². The Bertz CT molecular complexity index is 614. The van der Waals surface area contributed by atoms with E-state index in [1.54, 1.807) is 12.4 Å². The predicted octanol–water partition coefficient (Wildman–Crippen LogP) is 2.43. The van der Waals surface area contributed by atoms with E-state index >= 15 is 0 Å². The lowest BCUT2D eigenvalue weighted by Crippen LogP contribution is -2.38. The highest BCUT2D eigenvalue weighted by Crippen LogP contribution is 2.21. The van der Waals surface area contributed by atoms with Crippen molar-refractivity contribution in [1.82, 2.24) is 19.9 Å². The van der Waals surface area contributed by atoms with Gasteiger partial charge in [0.15, 0.2) is 0 Å². The summed E-state index contributed by atoms with van der Waals surface area (Å²) in [4.78, 5) is 19.6. The van der Waals surface area contributed by atoms with E-state index in [0.717, 1.165) is 43.9 Å². The van der Waals surface area contributed by atoms with E-state index in [1.165, 1.54) is 5.56 Å². The zero-order valence-corrected chi connectivity index (χ0v) is 13.8. The first-order chi connectivity index (χ1) is 11.2. The van der Waals surface area contributed by atoms with Crippen LogP contribution in [0, 0.1) is 12.8 Å². The van der Waals surface area contributed by atoms with Crippen molar-refractivity contribution in [3.05, 3.63) is 35.9 Å². The minimum Gasteiger partial charge on any atom is -0.463 e. The van der Waals surface area contributed by atoms with E-state index in [4.69, 9.17) is 4.74 Å². The van der Waals surface area contributed by atoms with Gasteiger partial charge >= 0.3 is 6.01 Å². The molecule has 0 N–H and O–H groups in total. The smallest absolute Gasteiger partial charge is 0.316 e. The number of rotatable bonds is 5. The molecule has 2 aromatic rings. The molecule has 0 aliphatic carbocycles. The molecular formula is C17H23N5O. The van der Waals surface area contributed by atoms with E-state index < -0.39 is 0 Å². The molecule has 0 bridgehead atoms. The van der Waals surface area contributed by atoms with Crippen molar-refractivity contribution in [1.29, 1.82) is 0 Å². The Morgan fingerprint density at radius 2 is 1.87 bits per heavy atom. The standard InChI is InChI=1S/C17H23N5O/c1-3-14-9-18-16(19-10-14)22-6-4-5-15(11-22)12-23-17-20-7-13(2)8-21-17/h7-10,15H,3-6,11-12H2,1-2H3. The second-order valence-electron chi connectivity index (χ2n) is 6.05. The number of ether oxygens (including phenoxy) is 1. The predicted molar refractivity (Wildman–Crippen MR) is 88.6 cm³/mol. The summed E-state index contributed by atoms with van der Waals surface area (Å²) in [5, 5.41) is 0. The van der Waals surface area contributed by atoms with Crippen LogP contribution in [0.2, 0.25) is 0 Å². The number of piperidine rings is 1. The summed E-state index contributed by atoms with van der Waals surface area (Å²) in [5.74, 6) is 1.27. The zero-order valence-electron chi connectivity index (χ0n) is 13.8. The molecule has 122 valence electrons. The van der Waals surface area contributed by atoms with Gasteiger partial charge in [-0.05, 0) is 37.3 Å². The van der Waals surface area contributed by atoms with Gasteiger partial charge in [0.1, 0.15) is 0 Å². The van der Waals surface area contributed by atoms with Gasteiger partial charge in [0.2, 0.25) is 5.95 Å². The van der Waals surface area contributed by atoms with Crippen molar-refractivity contribution in [2.24, 2.45) is 5.92 Å². The van der Waals surface area contributed by atoms with Gasteiger partial charge in [-0.2, -0.15) is 0 Å². The summed E-state index contributed by atoms with van der Waals surface area (Å²) in [5.41, 5.74) is 2.20. The van der Waals surface area contributed by atoms with Crippen LogP contribution in [0.5, 0.6) is 6.01 Å². The van der Waals surface area contributed by atoms with E-state index in [-0.39, 0.29) is 0 Å². The number of hydrogen-bond donors (Lipinski definition) is 0. The number of hydrogen-bond acceptors (Lipinski definition) is 6. The normalized spacial score (nSPS) is 18.0. The second kappa shape index (κ2) is 7.35. The molecule has 0 amide bonds. The zero-order chi connectivity index (χ0) is 16.1. The Morgan fingerprint density at radius 1 is 1.13 bits per heavy atom. The fourth-order valence-electron chi connectivity index (χ4n) is 2.72. The maximum absolute atomic E-state index is 5.73. The molecule has 0 aromatic carbocycles. The average Bonchev–Trinajstić information content (AvgIpc) is 2.61. The van der Waals surface area contributed by atoms with Crippen LogP contribution in [0.3, 0.4) is 0 Å². The monoisotopic (exact) mass is 313 g/mol. The first kappa shape index (κ1) is 15.6. The average molecular weight is 313 g/mol. The van der Waals surface area contributed by atoms with Gasteiger partial charge in [0.25, 0.3) is 0 Å². The van der Waals surface area contributed by atoms with Crippen molar-refractivity contribution in [2.45, 2.75) is 33.1 Å². The van der Waals surface area contributed by atoms with Gasteiger partial charge in [-0.1, -0.05) is 6.92 Å². The first-order valence-corrected chi connectivity index (χ1v) is 8.22. The van der Waals surface area contributed by atoms with Crippen LogP contribution in [0.4, 0.5) is 5.95 Å². The molecule has 1 aliphatic rings. The van der Waals surface area contributed by atoms with Crippen LogP contribution in [0.15, 0.2) is 24.8 Å². The van der Waals surface area contributed by atoms with Crippen LogP contribution in [0.1, 0.15) is 30.9 Å². The fourth-order valence-corrected chi connectivity index (χ4v) is 2.72. The van der Waals surface area contributed by atoms with E-state index in [2.05, 4.69) is 31.8 Å². The number of aromatic nitrogens is 4. The summed E-state index contributed by atoms with van der Waals surface area (Å²) in [6.45, 7) is 6.62. The number of aryl methyl sites for hydroxylation is 2. The van der Waals surface area contributed by atoms with Crippen molar-refractivity contribution in [3.8, 4) is 6.01 Å². The first-order valence-electron chi connectivity index (χ1n) is 8.22. The highest BCUT2D eigenvalue weighted by atomic mass is 16.5. The lowest BCUT2D eigenvalue weighted by Gasteiger charge is -2.32. The molecule has 2 aromatic heterocycles. The summed E-state index contributed by atoms with van der Waals surface area (Å²) in [7, 11) is 0. The Morgan fingerprint density at radius 3 is 2.57 bits per heavy atom. The molecule has 0 radical (unpaired) electrons. The molecule has 23 heavy (non-hydrogen) atoms. The summed E-state index contributed by atoms with van der Waals surface area (Å²) in [6.07, 6.45) is 10.6. The molecular weight excluding hydrogens is 290 g/mol. The maximum atomic E-state index is 5.73. The van der Waals surface area contributed by atoms with Gasteiger partial charge in [0, 0.05) is 43.8 Å². The molecule has 1 fully saturated rings. The van der Waals surface area contributed by atoms with E-state index in [1.807, 2.05) is 19.3 Å². The Kier molecular flexibility index (Phi) is 5.00. The van der Waals surface area contributed by atoms with Crippen molar-refractivity contribution >= 4 is 5.95 Å². The van der Waals surface area contributed by atoms with Crippen LogP contribution < -0.4 is 9.64 Å².